The van der Waals surface area contributed by atoms with Gasteiger partial charge in [-0.3, -0.25) is 4.90 Å². The van der Waals surface area contributed by atoms with Crippen LogP contribution in [-0.2, 0) is 6.54 Å². The first kappa shape index (κ1) is 14.3. The predicted octanol–water partition coefficient (Wildman–Crippen LogP) is 2.66. The van der Waals surface area contributed by atoms with E-state index in [0.29, 0.717) is 24.6 Å². The maximum atomic E-state index is 13.1. The molecular formula is C14H19F3N2. The molecule has 1 aliphatic heterocycles. The highest BCUT2D eigenvalue weighted by Gasteiger charge is 2.19. The van der Waals surface area contributed by atoms with E-state index in [1.54, 1.807) is 0 Å². The highest BCUT2D eigenvalue weighted by Crippen LogP contribution is 2.22. The monoisotopic (exact) mass is 272 g/mol. The second-order valence-electron chi connectivity index (χ2n) is 5.17. The van der Waals surface area contributed by atoms with Gasteiger partial charge in [-0.2, -0.15) is 0 Å². The fraction of sp³-hybridized carbons (Fsp3) is 0.571. The number of rotatable bonds is 4. The van der Waals surface area contributed by atoms with Gasteiger partial charge < -0.3 is 5.73 Å². The largest absolute Gasteiger partial charge is 0.330 e. The number of halogens is 3. The van der Waals surface area contributed by atoms with Crippen molar-refractivity contribution in [3.63, 3.8) is 0 Å². The minimum Gasteiger partial charge on any atom is -0.330 e. The molecule has 0 spiro atoms. The Labute approximate surface area is 111 Å². The molecule has 19 heavy (non-hydrogen) atoms. The van der Waals surface area contributed by atoms with Crippen molar-refractivity contribution in [3.05, 3.63) is 35.1 Å². The summed E-state index contributed by atoms with van der Waals surface area (Å²) in [6.07, 6.45) is 3.15. The van der Waals surface area contributed by atoms with Crippen molar-refractivity contribution in [2.45, 2.75) is 25.8 Å². The van der Waals surface area contributed by atoms with Crippen LogP contribution in [0, 0.1) is 23.4 Å². The van der Waals surface area contributed by atoms with Gasteiger partial charge in [0.15, 0.2) is 17.5 Å². The number of hydrogen-bond acceptors (Lipinski definition) is 2. The van der Waals surface area contributed by atoms with E-state index < -0.39 is 17.5 Å². The van der Waals surface area contributed by atoms with E-state index in [9.17, 15) is 13.2 Å². The molecule has 5 heteroatoms. The Kier molecular flexibility index (Phi) is 4.82. The van der Waals surface area contributed by atoms with Crippen LogP contribution in [0.2, 0.25) is 0 Å². The van der Waals surface area contributed by atoms with Crippen LogP contribution in [0.3, 0.4) is 0 Å². The Morgan fingerprint density at radius 3 is 2.21 bits per heavy atom. The van der Waals surface area contributed by atoms with E-state index >= 15 is 0 Å². The van der Waals surface area contributed by atoms with Gasteiger partial charge >= 0.3 is 0 Å². The van der Waals surface area contributed by atoms with Crippen LogP contribution in [-0.4, -0.2) is 24.5 Å². The average Bonchev–Trinajstić information content (AvgIpc) is 2.38. The lowest BCUT2D eigenvalue weighted by molar-refractivity contribution is 0.173. The maximum Gasteiger partial charge on any atom is 0.194 e. The topological polar surface area (TPSA) is 29.3 Å². The Hall–Kier alpha value is -1.07. The lowest BCUT2D eigenvalue weighted by Gasteiger charge is -2.31. The Bertz CT molecular complexity index is 406. The normalized spacial score (nSPS) is 17.9. The molecule has 0 unspecified atom stereocenters. The molecule has 0 aliphatic carbocycles. The fourth-order valence-electron chi connectivity index (χ4n) is 2.63. The van der Waals surface area contributed by atoms with Gasteiger partial charge in [-0.05, 0) is 62.5 Å². The molecule has 0 bridgehead atoms. The highest BCUT2D eigenvalue weighted by atomic mass is 19.2. The van der Waals surface area contributed by atoms with Crippen molar-refractivity contribution in [1.29, 1.82) is 0 Å². The maximum absolute atomic E-state index is 13.1. The Balaban J connectivity index is 1.92. The van der Waals surface area contributed by atoms with Crippen LogP contribution >= 0.6 is 0 Å². The van der Waals surface area contributed by atoms with Gasteiger partial charge in [0.2, 0.25) is 0 Å². The number of benzene rings is 1. The Morgan fingerprint density at radius 1 is 1.11 bits per heavy atom. The summed E-state index contributed by atoms with van der Waals surface area (Å²) in [5.41, 5.74) is 6.01. The molecule has 1 saturated heterocycles. The molecular weight excluding hydrogens is 253 g/mol. The molecule has 1 aromatic rings. The summed E-state index contributed by atoms with van der Waals surface area (Å²) in [6, 6.07) is 2.15. The summed E-state index contributed by atoms with van der Waals surface area (Å²) in [7, 11) is 0. The second kappa shape index (κ2) is 6.39. The zero-order valence-corrected chi connectivity index (χ0v) is 10.8. The van der Waals surface area contributed by atoms with Gasteiger partial charge in [-0.1, -0.05) is 0 Å². The minimum absolute atomic E-state index is 0.462. The first-order valence-electron chi connectivity index (χ1n) is 6.66. The van der Waals surface area contributed by atoms with E-state index in [0.717, 1.165) is 44.5 Å². The molecule has 1 heterocycles. The van der Waals surface area contributed by atoms with Gasteiger partial charge in [-0.25, -0.2) is 13.2 Å². The molecule has 0 amide bonds. The number of piperidine rings is 1. The molecule has 1 fully saturated rings. The summed E-state index contributed by atoms with van der Waals surface area (Å²) in [5.74, 6) is -2.98. The number of nitrogens with zero attached hydrogens (tertiary/aromatic N) is 1. The van der Waals surface area contributed by atoms with Gasteiger partial charge in [-0.15, -0.1) is 0 Å². The van der Waals surface area contributed by atoms with Crippen molar-refractivity contribution in [2.24, 2.45) is 11.7 Å². The second-order valence-corrected chi connectivity index (χ2v) is 5.17. The van der Waals surface area contributed by atoms with Gasteiger partial charge in [0.1, 0.15) is 0 Å². The molecule has 106 valence electrons. The summed E-state index contributed by atoms with van der Waals surface area (Å²) >= 11 is 0. The third kappa shape index (κ3) is 3.70. The first-order valence-corrected chi connectivity index (χ1v) is 6.66. The van der Waals surface area contributed by atoms with E-state index in [-0.39, 0.29) is 0 Å². The highest BCUT2D eigenvalue weighted by molar-refractivity contribution is 5.19. The summed E-state index contributed by atoms with van der Waals surface area (Å²) in [5, 5.41) is 0. The molecule has 1 aromatic carbocycles. The minimum atomic E-state index is -1.40. The molecule has 0 radical (unpaired) electrons. The van der Waals surface area contributed by atoms with Crippen LogP contribution < -0.4 is 5.73 Å². The third-order valence-corrected chi connectivity index (χ3v) is 3.73. The molecule has 0 atom stereocenters. The smallest absolute Gasteiger partial charge is 0.194 e. The number of hydrogen-bond donors (Lipinski definition) is 1. The summed E-state index contributed by atoms with van der Waals surface area (Å²) < 4.78 is 39.1. The number of nitrogens with two attached hydrogens (primary N) is 1. The van der Waals surface area contributed by atoms with Crippen molar-refractivity contribution in [2.75, 3.05) is 19.6 Å². The van der Waals surface area contributed by atoms with Crippen LogP contribution in [0.5, 0.6) is 0 Å². The van der Waals surface area contributed by atoms with Crippen LogP contribution in [0.15, 0.2) is 12.1 Å². The van der Waals surface area contributed by atoms with Crippen LogP contribution in [0.25, 0.3) is 0 Å². The van der Waals surface area contributed by atoms with Gasteiger partial charge in [0.05, 0.1) is 0 Å². The van der Waals surface area contributed by atoms with Gasteiger partial charge in [0, 0.05) is 6.54 Å². The fourth-order valence-corrected chi connectivity index (χ4v) is 2.63. The van der Waals surface area contributed by atoms with E-state index in [4.69, 9.17) is 5.73 Å². The van der Waals surface area contributed by atoms with Crippen molar-refractivity contribution in [1.82, 2.24) is 4.90 Å². The molecule has 1 aliphatic rings. The van der Waals surface area contributed by atoms with Crippen LogP contribution in [0.1, 0.15) is 24.8 Å². The van der Waals surface area contributed by atoms with E-state index in [1.807, 2.05) is 0 Å². The van der Waals surface area contributed by atoms with Crippen molar-refractivity contribution >= 4 is 0 Å². The van der Waals surface area contributed by atoms with E-state index in [2.05, 4.69) is 4.90 Å². The van der Waals surface area contributed by atoms with Gasteiger partial charge in [0.25, 0.3) is 0 Å². The zero-order chi connectivity index (χ0) is 13.8. The molecule has 0 aromatic heterocycles. The SMILES string of the molecule is NCCC1CCN(Cc2cc(F)c(F)c(F)c2)CC1. The van der Waals surface area contributed by atoms with E-state index in [1.165, 1.54) is 0 Å². The molecule has 2 nitrogen and oxygen atoms in total. The first-order chi connectivity index (χ1) is 9.10. The lowest BCUT2D eigenvalue weighted by atomic mass is 9.93. The standard InChI is InChI=1S/C14H19F3N2/c15-12-7-11(8-13(16)14(12)17)9-19-5-2-10(1-4-18)3-6-19/h7-8,10H,1-6,9,18H2. The third-order valence-electron chi connectivity index (χ3n) is 3.73. The number of likely N-dealkylation sites (tertiary alicyclic amines) is 1. The van der Waals surface area contributed by atoms with Crippen LogP contribution in [0.4, 0.5) is 13.2 Å². The molecule has 2 N–H and O–H groups in total. The Morgan fingerprint density at radius 2 is 1.68 bits per heavy atom. The quantitative estimate of drug-likeness (QED) is 0.854. The van der Waals surface area contributed by atoms with Crippen molar-refractivity contribution < 1.29 is 13.2 Å². The molecule has 0 saturated carbocycles. The van der Waals surface area contributed by atoms with Crippen molar-refractivity contribution in [3.8, 4) is 0 Å². The zero-order valence-electron chi connectivity index (χ0n) is 10.8. The average molecular weight is 272 g/mol. The molecule has 2 rings (SSSR count). The predicted molar refractivity (Wildman–Crippen MR) is 68.0 cm³/mol. The lowest BCUT2D eigenvalue weighted by Crippen LogP contribution is -2.33. The summed E-state index contributed by atoms with van der Waals surface area (Å²) in [6.45, 7) is 2.96. The summed E-state index contributed by atoms with van der Waals surface area (Å²) in [4.78, 5) is 2.14.